The lowest BCUT2D eigenvalue weighted by atomic mass is 9.99. The fourth-order valence-corrected chi connectivity index (χ4v) is 3.46. The lowest BCUT2D eigenvalue weighted by Crippen LogP contribution is -2.41. The van der Waals surface area contributed by atoms with Gasteiger partial charge < -0.3 is 20.1 Å². The quantitative estimate of drug-likeness (QED) is 0.774. The summed E-state index contributed by atoms with van der Waals surface area (Å²) in [6.45, 7) is 6.19. The highest BCUT2D eigenvalue weighted by Gasteiger charge is 2.35. The van der Waals surface area contributed by atoms with Crippen LogP contribution in [-0.2, 0) is 14.3 Å². The first kappa shape index (κ1) is 19.4. The number of anilines is 2. The summed E-state index contributed by atoms with van der Waals surface area (Å²) in [5, 5.41) is 6.26. The third-order valence-corrected chi connectivity index (χ3v) is 4.54. The summed E-state index contributed by atoms with van der Waals surface area (Å²) in [4.78, 5) is 11.4. The number of carbonyl (C=O) groups excluding carboxylic acids is 1. The van der Waals surface area contributed by atoms with Crippen LogP contribution in [-0.4, -0.2) is 24.3 Å². The van der Waals surface area contributed by atoms with E-state index in [1.165, 1.54) is 12.5 Å². The summed E-state index contributed by atoms with van der Waals surface area (Å²) >= 11 is 0. The van der Waals surface area contributed by atoms with Gasteiger partial charge in [-0.2, -0.15) is 0 Å². The number of hydrogen-bond donors (Lipinski definition) is 2. The van der Waals surface area contributed by atoms with E-state index in [0.717, 1.165) is 30.8 Å². The molecular formula is C22H28N2O3. The molecule has 3 rings (SSSR count). The standard InChI is InChI=1S/C22H28N2O3/c1-16(25)24-20-12-8-7-11-19(20)23-14-13-18-15-21(27-22(2,3)26-18)17-9-5-4-6-10-17/h4-12,18,21,23H,13-15H2,1-3H3,(H,24,25). The molecule has 144 valence electrons. The van der Waals surface area contributed by atoms with E-state index >= 15 is 0 Å². The van der Waals surface area contributed by atoms with Gasteiger partial charge in [-0.05, 0) is 38.0 Å². The van der Waals surface area contributed by atoms with Gasteiger partial charge in [-0.15, -0.1) is 0 Å². The van der Waals surface area contributed by atoms with E-state index < -0.39 is 5.79 Å². The molecule has 0 spiro atoms. The largest absolute Gasteiger partial charge is 0.383 e. The van der Waals surface area contributed by atoms with Gasteiger partial charge in [0.2, 0.25) is 5.91 Å². The Morgan fingerprint density at radius 1 is 1.04 bits per heavy atom. The van der Waals surface area contributed by atoms with Crippen molar-refractivity contribution in [1.82, 2.24) is 0 Å². The molecule has 1 aliphatic heterocycles. The molecule has 1 heterocycles. The zero-order valence-electron chi connectivity index (χ0n) is 16.2. The first-order valence-electron chi connectivity index (χ1n) is 9.44. The Bertz CT molecular complexity index is 761. The van der Waals surface area contributed by atoms with Gasteiger partial charge in [-0.25, -0.2) is 0 Å². The molecule has 5 heteroatoms. The average Bonchev–Trinajstić information content (AvgIpc) is 2.62. The summed E-state index contributed by atoms with van der Waals surface area (Å²) in [7, 11) is 0. The third kappa shape index (κ3) is 5.55. The smallest absolute Gasteiger partial charge is 0.221 e. The van der Waals surface area contributed by atoms with Crippen LogP contribution in [0.4, 0.5) is 11.4 Å². The minimum atomic E-state index is -0.614. The predicted octanol–water partition coefficient (Wildman–Crippen LogP) is 4.73. The van der Waals surface area contributed by atoms with Crippen molar-refractivity contribution < 1.29 is 14.3 Å². The normalized spacial score (nSPS) is 21.4. The van der Waals surface area contributed by atoms with E-state index in [1.807, 2.05) is 56.3 Å². The van der Waals surface area contributed by atoms with Gasteiger partial charge in [0.05, 0.1) is 23.6 Å². The summed E-state index contributed by atoms with van der Waals surface area (Å²) in [6, 6.07) is 18.0. The maximum atomic E-state index is 11.4. The Balaban J connectivity index is 1.60. The van der Waals surface area contributed by atoms with E-state index in [2.05, 4.69) is 22.8 Å². The van der Waals surface area contributed by atoms with Crippen molar-refractivity contribution in [3.05, 3.63) is 60.2 Å². The molecule has 0 saturated carbocycles. The Morgan fingerprint density at radius 3 is 2.41 bits per heavy atom. The molecule has 27 heavy (non-hydrogen) atoms. The molecule has 2 aromatic carbocycles. The minimum Gasteiger partial charge on any atom is -0.383 e. The molecule has 0 bridgehead atoms. The van der Waals surface area contributed by atoms with E-state index in [9.17, 15) is 4.79 Å². The highest BCUT2D eigenvalue weighted by molar-refractivity contribution is 5.92. The Labute approximate surface area is 161 Å². The van der Waals surface area contributed by atoms with Crippen LogP contribution in [0.3, 0.4) is 0 Å². The van der Waals surface area contributed by atoms with Gasteiger partial charge >= 0.3 is 0 Å². The van der Waals surface area contributed by atoms with Gasteiger partial charge in [0.15, 0.2) is 5.79 Å². The molecule has 1 fully saturated rings. The Kier molecular flexibility index (Phi) is 6.14. The molecule has 0 aromatic heterocycles. The third-order valence-electron chi connectivity index (χ3n) is 4.54. The van der Waals surface area contributed by atoms with Crippen molar-refractivity contribution in [2.75, 3.05) is 17.2 Å². The Hall–Kier alpha value is -2.37. The number of para-hydroxylation sites is 2. The lowest BCUT2D eigenvalue weighted by molar-refractivity contribution is -0.302. The monoisotopic (exact) mass is 368 g/mol. The van der Waals surface area contributed by atoms with Crippen molar-refractivity contribution in [1.29, 1.82) is 0 Å². The molecule has 0 aliphatic carbocycles. The average molecular weight is 368 g/mol. The summed E-state index contributed by atoms with van der Waals surface area (Å²) in [6.07, 6.45) is 1.80. The van der Waals surface area contributed by atoms with Crippen molar-refractivity contribution in [3.8, 4) is 0 Å². The molecule has 1 aliphatic rings. The zero-order chi connectivity index (χ0) is 19.3. The van der Waals surface area contributed by atoms with E-state index in [-0.39, 0.29) is 18.1 Å². The molecule has 2 atom stereocenters. The van der Waals surface area contributed by atoms with Crippen LogP contribution in [0.15, 0.2) is 54.6 Å². The number of carbonyl (C=O) groups is 1. The SMILES string of the molecule is CC(=O)Nc1ccccc1NCCC1CC(c2ccccc2)OC(C)(C)O1. The van der Waals surface area contributed by atoms with Gasteiger partial charge in [0.25, 0.3) is 0 Å². The maximum absolute atomic E-state index is 11.4. The van der Waals surface area contributed by atoms with Crippen molar-refractivity contribution >= 4 is 17.3 Å². The fourth-order valence-electron chi connectivity index (χ4n) is 3.46. The molecule has 2 aromatic rings. The van der Waals surface area contributed by atoms with Crippen molar-refractivity contribution in [3.63, 3.8) is 0 Å². The lowest BCUT2D eigenvalue weighted by Gasteiger charge is -2.41. The van der Waals surface area contributed by atoms with E-state index in [1.54, 1.807) is 0 Å². The van der Waals surface area contributed by atoms with Crippen LogP contribution in [0, 0.1) is 0 Å². The number of amides is 1. The van der Waals surface area contributed by atoms with E-state index in [0.29, 0.717) is 0 Å². The first-order valence-corrected chi connectivity index (χ1v) is 9.44. The minimum absolute atomic E-state index is 0.0339. The molecule has 1 saturated heterocycles. The summed E-state index contributed by atoms with van der Waals surface area (Å²) in [5.41, 5.74) is 2.89. The van der Waals surface area contributed by atoms with Crippen LogP contribution in [0.25, 0.3) is 0 Å². The molecular weight excluding hydrogens is 340 g/mol. The molecule has 2 N–H and O–H groups in total. The number of hydrogen-bond acceptors (Lipinski definition) is 4. The second kappa shape index (κ2) is 8.55. The van der Waals surface area contributed by atoms with Gasteiger partial charge in [0.1, 0.15) is 0 Å². The molecule has 5 nitrogen and oxygen atoms in total. The number of benzene rings is 2. The molecule has 0 radical (unpaired) electrons. The van der Waals surface area contributed by atoms with E-state index in [4.69, 9.17) is 9.47 Å². The van der Waals surface area contributed by atoms with Gasteiger partial charge in [-0.3, -0.25) is 4.79 Å². The highest BCUT2D eigenvalue weighted by atomic mass is 16.7. The second-order valence-corrected chi connectivity index (χ2v) is 7.33. The topological polar surface area (TPSA) is 59.6 Å². The van der Waals surface area contributed by atoms with Crippen LogP contribution >= 0.6 is 0 Å². The summed E-state index contributed by atoms with van der Waals surface area (Å²) < 4.78 is 12.3. The number of nitrogens with one attached hydrogen (secondary N) is 2. The molecule has 2 unspecified atom stereocenters. The van der Waals surface area contributed by atoms with Crippen molar-refractivity contribution in [2.24, 2.45) is 0 Å². The summed E-state index contributed by atoms with van der Waals surface area (Å²) in [5.74, 6) is -0.693. The zero-order valence-corrected chi connectivity index (χ0v) is 16.2. The first-order chi connectivity index (χ1) is 12.9. The number of rotatable bonds is 6. The number of ether oxygens (including phenoxy) is 2. The van der Waals surface area contributed by atoms with Crippen LogP contribution in [0.5, 0.6) is 0 Å². The van der Waals surface area contributed by atoms with Gasteiger partial charge in [-0.1, -0.05) is 42.5 Å². The van der Waals surface area contributed by atoms with Crippen molar-refractivity contribution in [2.45, 2.75) is 51.6 Å². The molecule has 1 amide bonds. The van der Waals surface area contributed by atoms with Crippen LogP contribution in [0.2, 0.25) is 0 Å². The predicted molar refractivity (Wildman–Crippen MR) is 108 cm³/mol. The second-order valence-electron chi connectivity index (χ2n) is 7.33. The Morgan fingerprint density at radius 2 is 1.70 bits per heavy atom. The fraction of sp³-hybridized carbons (Fsp3) is 0.409. The van der Waals surface area contributed by atoms with Crippen LogP contribution in [0.1, 0.15) is 45.3 Å². The van der Waals surface area contributed by atoms with Crippen LogP contribution < -0.4 is 10.6 Å². The highest BCUT2D eigenvalue weighted by Crippen LogP contribution is 2.37. The maximum Gasteiger partial charge on any atom is 0.221 e. The van der Waals surface area contributed by atoms with Gasteiger partial charge in [0, 0.05) is 19.9 Å².